The number of allylic oxidation sites excluding steroid dienone is 3. The van der Waals surface area contributed by atoms with Crippen LogP contribution in [0, 0.1) is 0 Å². The fraction of sp³-hybridized carbons (Fsp3) is 0.115. The molecule has 1 aliphatic heterocycles. The van der Waals surface area contributed by atoms with Gasteiger partial charge in [0, 0.05) is 44.3 Å². The van der Waals surface area contributed by atoms with Gasteiger partial charge in [-0.3, -0.25) is 9.59 Å². The summed E-state index contributed by atoms with van der Waals surface area (Å²) in [5, 5.41) is 17.4. The molecule has 64 heavy (non-hydrogen) atoms. The molecule has 9 aromatic rings. The Morgan fingerprint density at radius 3 is 1.77 bits per heavy atom. The summed E-state index contributed by atoms with van der Waals surface area (Å²) in [5.74, 6) is -1.35. The number of rotatable bonds is 10. The third-order valence-electron chi connectivity index (χ3n) is 11.8. The van der Waals surface area contributed by atoms with E-state index in [0.717, 1.165) is 75.8 Å². The molecule has 0 fully saturated rings. The van der Waals surface area contributed by atoms with Gasteiger partial charge in [0.15, 0.2) is 0 Å². The van der Waals surface area contributed by atoms with E-state index in [1.165, 1.54) is 23.1 Å². The Morgan fingerprint density at radius 1 is 0.672 bits per heavy atom. The number of ketones is 1. The number of carbonyl (C=O) groups is 3. The van der Waals surface area contributed by atoms with Gasteiger partial charge in [-0.1, -0.05) is 95.9 Å². The summed E-state index contributed by atoms with van der Waals surface area (Å²) in [5.41, 5.74) is 7.90. The van der Waals surface area contributed by atoms with Crippen LogP contribution in [-0.4, -0.2) is 51.7 Å². The van der Waals surface area contributed by atoms with Crippen molar-refractivity contribution in [3.63, 3.8) is 0 Å². The van der Waals surface area contributed by atoms with Crippen molar-refractivity contribution in [3.8, 4) is 11.4 Å². The minimum absolute atomic E-state index is 0.0898. The lowest BCUT2D eigenvalue weighted by Gasteiger charge is -2.23. The molecule has 0 spiro atoms. The van der Waals surface area contributed by atoms with E-state index in [9.17, 15) is 19.5 Å². The molecule has 12 heteroatoms. The van der Waals surface area contributed by atoms with Crippen LogP contribution < -0.4 is 9.47 Å². The summed E-state index contributed by atoms with van der Waals surface area (Å²) >= 11 is 2.84. The van der Waals surface area contributed by atoms with Gasteiger partial charge >= 0.3 is 11.9 Å². The highest BCUT2D eigenvalue weighted by Crippen LogP contribution is 2.49. The molecule has 4 heterocycles. The zero-order valence-electron chi connectivity index (χ0n) is 34.8. The van der Waals surface area contributed by atoms with E-state index in [2.05, 4.69) is 81.9 Å². The molecule has 11 rings (SSSR count). The van der Waals surface area contributed by atoms with Crippen LogP contribution in [0.3, 0.4) is 0 Å². The number of aliphatic hydroxyl groups excluding tert-OH is 1. The second-order valence-corrected chi connectivity index (χ2v) is 17.6. The number of esters is 2. The lowest BCUT2D eigenvalue weighted by Crippen LogP contribution is -2.40. The zero-order valence-corrected chi connectivity index (χ0v) is 36.4. The first-order valence-electron chi connectivity index (χ1n) is 21.1. The zero-order chi connectivity index (χ0) is 43.6. The normalized spacial score (nSPS) is 15.1. The van der Waals surface area contributed by atoms with Crippen molar-refractivity contribution in [2.45, 2.75) is 25.3 Å². The Bertz CT molecular complexity index is 3450. The lowest BCUT2D eigenvalue weighted by atomic mass is 9.88. The third-order valence-corrected chi connectivity index (χ3v) is 14.0. The van der Waals surface area contributed by atoms with Gasteiger partial charge in [0.2, 0.25) is 17.8 Å². The Hall–Kier alpha value is -7.41. The SMILES string of the molecule is CCOC(=O)CN1/C(=C/C2=C(O)C(=C/c3sc4ccc(-n5c6ccccc6c6ccccc65)cc4[n+]3CC(=O)OCC)/C2=O)Sc2ccc(-n3c4ccccc4c4ccccc43)cc21. The Balaban J connectivity index is 0.979. The van der Waals surface area contributed by atoms with E-state index in [-0.39, 0.29) is 49.0 Å². The summed E-state index contributed by atoms with van der Waals surface area (Å²) in [6.07, 6.45) is 3.29. The fourth-order valence-corrected chi connectivity index (χ4v) is 11.2. The molecule has 0 radical (unpaired) electrons. The van der Waals surface area contributed by atoms with Gasteiger partial charge in [0.1, 0.15) is 17.0 Å². The van der Waals surface area contributed by atoms with Crippen LogP contribution in [0.1, 0.15) is 18.9 Å². The van der Waals surface area contributed by atoms with Crippen LogP contribution in [0.2, 0.25) is 0 Å². The fourth-order valence-electron chi connectivity index (χ4n) is 9.03. The molecular formula is C52H39N4O6S2+. The number of aromatic nitrogens is 3. The maximum absolute atomic E-state index is 14.1. The highest BCUT2D eigenvalue weighted by Gasteiger charge is 2.37. The van der Waals surface area contributed by atoms with E-state index >= 15 is 0 Å². The summed E-state index contributed by atoms with van der Waals surface area (Å²) in [6.45, 7) is 3.80. The van der Waals surface area contributed by atoms with Crippen LogP contribution in [-0.2, 0) is 30.4 Å². The number of ether oxygens (including phenoxy) is 2. The number of Topliss-reactive ketones (excluding diaryl/α,β-unsaturated/α-hetero) is 1. The number of hydrogen-bond acceptors (Lipinski definition) is 9. The van der Waals surface area contributed by atoms with E-state index in [0.29, 0.717) is 10.0 Å². The first kappa shape index (κ1) is 39.4. The number of para-hydroxylation sites is 4. The smallest absolute Gasteiger partial charge is 0.372 e. The molecular weight excluding hydrogens is 841 g/mol. The van der Waals surface area contributed by atoms with Crippen molar-refractivity contribution in [1.29, 1.82) is 0 Å². The average Bonchev–Trinajstić information content (AvgIpc) is 4.04. The first-order valence-corrected chi connectivity index (χ1v) is 22.7. The number of carbonyl (C=O) groups excluding carboxylic acids is 3. The van der Waals surface area contributed by atoms with Crippen molar-refractivity contribution in [1.82, 2.24) is 9.13 Å². The summed E-state index contributed by atoms with van der Waals surface area (Å²) < 4.78 is 18.0. The molecule has 3 aromatic heterocycles. The van der Waals surface area contributed by atoms with E-state index < -0.39 is 11.9 Å². The number of benzene rings is 6. The monoisotopic (exact) mass is 879 g/mol. The highest BCUT2D eigenvalue weighted by atomic mass is 32.2. The lowest BCUT2D eigenvalue weighted by molar-refractivity contribution is -0.657. The van der Waals surface area contributed by atoms with Crippen molar-refractivity contribution in [2.24, 2.45) is 0 Å². The van der Waals surface area contributed by atoms with E-state index in [1.807, 2.05) is 70.1 Å². The molecule has 10 nitrogen and oxygen atoms in total. The third kappa shape index (κ3) is 6.39. The van der Waals surface area contributed by atoms with Crippen molar-refractivity contribution in [3.05, 3.63) is 166 Å². The number of aliphatic hydroxyl groups is 1. The maximum Gasteiger partial charge on any atom is 0.372 e. The van der Waals surface area contributed by atoms with Gasteiger partial charge in [0.05, 0.1) is 62.8 Å². The molecule has 1 aliphatic carbocycles. The first-order chi connectivity index (χ1) is 31.3. The topological polar surface area (TPSA) is 107 Å². The van der Waals surface area contributed by atoms with Gasteiger partial charge < -0.3 is 28.6 Å². The summed E-state index contributed by atoms with van der Waals surface area (Å²) in [4.78, 5) is 43.1. The quantitative estimate of drug-likeness (QED) is 0.0822. The number of thiazole rings is 1. The van der Waals surface area contributed by atoms with Crippen LogP contribution in [0.5, 0.6) is 0 Å². The molecule has 0 saturated carbocycles. The molecule has 2 aliphatic rings. The van der Waals surface area contributed by atoms with Crippen LogP contribution in [0.25, 0.3) is 71.3 Å². The Morgan fingerprint density at radius 2 is 1.20 bits per heavy atom. The number of fused-ring (bicyclic) bond motifs is 8. The molecule has 314 valence electrons. The predicted octanol–water partition coefficient (Wildman–Crippen LogP) is 10.7. The predicted molar refractivity (Wildman–Crippen MR) is 254 cm³/mol. The van der Waals surface area contributed by atoms with Crippen molar-refractivity contribution < 1.29 is 33.5 Å². The minimum atomic E-state index is -0.417. The molecule has 0 saturated heterocycles. The summed E-state index contributed by atoms with van der Waals surface area (Å²) in [6, 6.07) is 45.4. The van der Waals surface area contributed by atoms with Crippen LogP contribution in [0.4, 0.5) is 5.69 Å². The molecule has 0 amide bonds. The number of nitrogens with zero attached hydrogens (tertiary/aromatic N) is 4. The average molecular weight is 880 g/mol. The van der Waals surface area contributed by atoms with Crippen LogP contribution >= 0.6 is 23.1 Å². The van der Waals surface area contributed by atoms with Gasteiger partial charge in [-0.25, -0.2) is 4.79 Å². The maximum atomic E-state index is 14.1. The van der Waals surface area contributed by atoms with Gasteiger partial charge in [-0.15, -0.1) is 0 Å². The van der Waals surface area contributed by atoms with E-state index in [4.69, 9.17) is 9.47 Å². The largest absolute Gasteiger partial charge is 0.506 e. The van der Waals surface area contributed by atoms with Gasteiger partial charge in [-0.05, 0) is 74.5 Å². The number of thioether (sulfide) groups is 1. The van der Waals surface area contributed by atoms with Gasteiger partial charge in [-0.2, -0.15) is 4.57 Å². The van der Waals surface area contributed by atoms with Crippen molar-refractivity contribution in [2.75, 3.05) is 24.7 Å². The highest BCUT2D eigenvalue weighted by molar-refractivity contribution is 8.03. The van der Waals surface area contributed by atoms with Gasteiger partial charge in [0.25, 0.3) is 5.01 Å². The molecule has 0 unspecified atom stereocenters. The molecule has 0 atom stereocenters. The molecule has 1 N–H and O–H groups in total. The Kier molecular flexibility index (Phi) is 9.70. The molecule has 0 bridgehead atoms. The minimum Gasteiger partial charge on any atom is -0.506 e. The second kappa shape index (κ2) is 15.7. The van der Waals surface area contributed by atoms with Crippen molar-refractivity contribution >= 4 is 106 Å². The summed E-state index contributed by atoms with van der Waals surface area (Å²) in [7, 11) is 0. The second-order valence-electron chi connectivity index (χ2n) is 15.5. The number of anilines is 1. The van der Waals surface area contributed by atoms with E-state index in [1.54, 1.807) is 26.0 Å². The number of hydrogen-bond donors (Lipinski definition) is 1. The Labute approximate surface area is 375 Å². The van der Waals surface area contributed by atoms with Crippen LogP contribution in [0.15, 0.2) is 166 Å². The molecule has 6 aromatic carbocycles. The standard InChI is InChI=1S/C52H38N4O6S2/c1-3-61-49(57)29-53-43-25-31(55-39-17-9-5-13-33(39)34-14-6-10-18-40(34)55)21-23-45(43)63-47(53)27-37-51(59)38(52(37)60)28-48-54(30-50(58)62-4-2)44-26-32(22-24-46(44)64-48)56-41-19-11-7-15-35(41)36-16-8-12-20-42(36)56/h5-28H,3-4,29-30H2,1-2H3/p+1.